The monoisotopic (exact) mass is 560 g/mol. The van der Waals surface area contributed by atoms with Gasteiger partial charge in [-0.05, 0) is 66.8 Å². The first-order chi connectivity index (χ1) is 20.0. The van der Waals surface area contributed by atoms with E-state index in [1.54, 1.807) is 14.2 Å². The zero-order valence-corrected chi connectivity index (χ0v) is 24.3. The fourth-order valence-electron chi connectivity index (χ4n) is 5.75. The number of carbonyl (C=O) groups is 1. The smallest absolute Gasteiger partial charge is 0.222 e. The molecule has 0 aromatic heterocycles. The molecule has 7 nitrogen and oxygen atoms in total. The Bertz CT molecular complexity index is 1150. The molecular formula is C34H44N2O5. The highest BCUT2D eigenvalue weighted by atomic mass is 16.5. The van der Waals surface area contributed by atoms with E-state index in [4.69, 9.17) is 19.9 Å². The minimum absolute atomic E-state index is 0.0770. The van der Waals surface area contributed by atoms with Crippen molar-refractivity contribution in [2.45, 2.75) is 62.7 Å². The Kier molecular flexibility index (Phi) is 11.2. The van der Waals surface area contributed by atoms with Crippen LogP contribution in [0, 0.1) is 0 Å². The van der Waals surface area contributed by atoms with Gasteiger partial charge in [0.2, 0.25) is 5.91 Å². The van der Waals surface area contributed by atoms with Gasteiger partial charge in [-0.25, -0.2) is 0 Å². The van der Waals surface area contributed by atoms with E-state index in [9.17, 15) is 9.90 Å². The number of aliphatic hydroxyl groups is 1. The van der Waals surface area contributed by atoms with Gasteiger partial charge in [-0.1, -0.05) is 73.9 Å². The molecule has 3 N–H and O–H groups in total. The number of β-amino-alcohol motifs (C(OH)–C–C–N with tert-alkyl or cyclic N) is 1. The third-order valence-corrected chi connectivity index (χ3v) is 7.97. The fraction of sp³-hybridized carbons (Fsp3) is 0.441. The molecule has 1 amide bonds. The van der Waals surface area contributed by atoms with Crippen molar-refractivity contribution in [1.82, 2.24) is 4.90 Å². The molecule has 0 radical (unpaired) electrons. The van der Waals surface area contributed by atoms with Crippen LogP contribution in [0.3, 0.4) is 0 Å². The highest BCUT2D eigenvalue weighted by molar-refractivity contribution is 5.77. The number of nitrogens with zero attached hydrogens (tertiary/aromatic N) is 1. The zero-order chi connectivity index (χ0) is 29.1. The lowest BCUT2D eigenvalue weighted by Crippen LogP contribution is -2.42. The van der Waals surface area contributed by atoms with Crippen LogP contribution in [0.5, 0.6) is 11.5 Å². The highest BCUT2D eigenvalue weighted by Gasteiger charge is 2.41. The first-order valence-corrected chi connectivity index (χ1v) is 14.7. The Morgan fingerprint density at radius 2 is 1.37 bits per heavy atom. The molecule has 41 heavy (non-hydrogen) atoms. The summed E-state index contributed by atoms with van der Waals surface area (Å²) in [4.78, 5) is 15.1. The number of methoxy groups -OCH3 is 2. The van der Waals surface area contributed by atoms with E-state index in [-0.39, 0.29) is 18.6 Å². The Morgan fingerprint density at radius 1 is 0.829 bits per heavy atom. The Labute approximate surface area is 244 Å². The first kappa shape index (κ1) is 30.6. The molecule has 0 unspecified atom stereocenters. The molecule has 1 fully saturated rings. The van der Waals surface area contributed by atoms with E-state index in [2.05, 4.69) is 12.1 Å². The third-order valence-electron chi connectivity index (χ3n) is 7.97. The molecule has 0 spiro atoms. The number of nitrogens with two attached hydrogens (primary N) is 1. The van der Waals surface area contributed by atoms with Crippen LogP contribution >= 0.6 is 0 Å². The molecule has 1 heterocycles. The van der Waals surface area contributed by atoms with Gasteiger partial charge in [0.1, 0.15) is 17.1 Å². The summed E-state index contributed by atoms with van der Waals surface area (Å²) in [6.45, 7) is 1.32. The van der Waals surface area contributed by atoms with E-state index < -0.39 is 11.7 Å². The quantitative estimate of drug-likeness (QED) is 0.194. The number of rotatable bonds is 15. The molecule has 0 saturated carbocycles. The maximum Gasteiger partial charge on any atom is 0.222 e. The summed E-state index contributed by atoms with van der Waals surface area (Å²) in [5.41, 5.74) is 7.45. The molecule has 220 valence electrons. The van der Waals surface area contributed by atoms with Gasteiger partial charge in [-0.2, -0.15) is 0 Å². The van der Waals surface area contributed by atoms with E-state index >= 15 is 0 Å². The van der Waals surface area contributed by atoms with Crippen LogP contribution in [0.15, 0.2) is 78.9 Å². The highest BCUT2D eigenvalue weighted by Crippen LogP contribution is 2.42. The van der Waals surface area contributed by atoms with E-state index in [0.29, 0.717) is 25.9 Å². The lowest BCUT2D eigenvalue weighted by molar-refractivity contribution is -0.134. The average Bonchev–Trinajstić information content (AvgIpc) is 3.40. The number of aliphatic hydroxyl groups excluding tert-OH is 1. The molecular weight excluding hydrogens is 516 g/mol. The summed E-state index contributed by atoms with van der Waals surface area (Å²) in [5.74, 6) is 1.58. The van der Waals surface area contributed by atoms with Crippen molar-refractivity contribution in [3.8, 4) is 11.5 Å². The van der Waals surface area contributed by atoms with E-state index in [1.807, 2.05) is 71.6 Å². The van der Waals surface area contributed by atoms with Crippen molar-refractivity contribution in [1.29, 1.82) is 0 Å². The topological polar surface area (TPSA) is 94.2 Å². The van der Waals surface area contributed by atoms with E-state index in [0.717, 1.165) is 60.3 Å². The summed E-state index contributed by atoms with van der Waals surface area (Å²) >= 11 is 0. The summed E-state index contributed by atoms with van der Waals surface area (Å²) in [6.07, 6.45) is 5.46. The van der Waals surface area contributed by atoms with Crippen molar-refractivity contribution < 1.29 is 24.1 Å². The van der Waals surface area contributed by atoms with Crippen LogP contribution in [-0.4, -0.2) is 62.0 Å². The second-order valence-electron chi connectivity index (χ2n) is 10.7. The standard InChI is InChI=1S/C34H44N2O5/c1-39-31-18-14-27(15-19-31)34(26-11-7-6-8-12-26,28-16-20-32(40-2)21-17-28)41-25-29-23-30(37)24-36(29)33(38)13-9-4-3-5-10-22-35/h6-8,11-12,14-21,29-30,37H,3-5,9-10,13,22-25,35H2,1-2H3/t29-,30+/m0/s1. The lowest BCUT2D eigenvalue weighted by Gasteiger charge is -2.38. The third kappa shape index (κ3) is 7.47. The molecule has 1 saturated heterocycles. The van der Waals surface area contributed by atoms with Crippen LogP contribution in [0.1, 0.15) is 61.6 Å². The summed E-state index contributed by atoms with van der Waals surface area (Å²) < 4.78 is 17.9. The normalized spacial score (nSPS) is 17.0. The molecule has 2 atom stereocenters. The van der Waals surface area contributed by atoms with Crippen LogP contribution < -0.4 is 15.2 Å². The molecule has 1 aliphatic rings. The average molecular weight is 561 g/mol. The minimum Gasteiger partial charge on any atom is -0.497 e. The van der Waals surface area contributed by atoms with Crippen LogP contribution in [0.4, 0.5) is 0 Å². The summed E-state index contributed by atoms with van der Waals surface area (Å²) in [7, 11) is 3.30. The predicted octanol–water partition coefficient (Wildman–Crippen LogP) is 5.27. The first-order valence-electron chi connectivity index (χ1n) is 14.7. The predicted molar refractivity (Wildman–Crippen MR) is 161 cm³/mol. The van der Waals surface area contributed by atoms with Gasteiger partial charge in [0.15, 0.2) is 0 Å². The molecule has 3 aromatic rings. The molecule has 0 aliphatic carbocycles. The summed E-state index contributed by atoms with van der Waals surface area (Å²) in [5, 5.41) is 10.6. The Morgan fingerprint density at radius 3 is 1.93 bits per heavy atom. The molecule has 0 bridgehead atoms. The van der Waals surface area contributed by atoms with Crippen molar-refractivity contribution >= 4 is 5.91 Å². The van der Waals surface area contributed by atoms with Crippen LogP contribution in [0.25, 0.3) is 0 Å². The number of hydrogen-bond donors (Lipinski definition) is 2. The van der Waals surface area contributed by atoms with Gasteiger partial charge in [0, 0.05) is 13.0 Å². The molecule has 3 aromatic carbocycles. The van der Waals surface area contributed by atoms with Crippen LogP contribution in [-0.2, 0) is 15.1 Å². The van der Waals surface area contributed by atoms with Crippen LogP contribution in [0.2, 0.25) is 0 Å². The number of unbranched alkanes of at least 4 members (excludes halogenated alkanes) is 4. The Balaban J connectivity index is 1.63. The summed E-state index contributed by atoms with van der Waals surface area (Å²) in [6, 6.07) is 25.7. The maximum absolute atomic E-state index is 13.3. The van der Waals surface area contributed by atoms with Gasteiger partial charge in [-0.3, -0.25) is 4.79 Å². The second kappa shape index (κ2) is 15.0. The lowest BCUT2D eigenvalue weighted by atomic mass is 9.80. The Hall–Kier alpha value is -3.39. The number of benzene rings is 3. The molecule has 1 aliphatic heterocycles. The van der Waals surface area contributed by atoms with Gasteiger partial charge in [0.25, 0.3) is 0 Å². The van der Waals surface area contributed by atoms with Crippen molar-refractivity contribution in [2.75, 3.05) is 33.9 Å². The fourth-order valence-corrected chi connectivity index (χ4v) is 5.75. The number of hydrogen-bond acceptors (Lipinski definition) is 6. The van der Waals surface area contributed by atoms with Gasteiger partial charge in [0.05, 0.1) is 33.0 Å². The molecule has 7 heteroatoms. The zero-order valence-electron chi connectivity index (χ0n) is 24.3. The molecule has 4 rings (SSSR count). The number of likely N-dealkylation sites (tertiary alicyclic amines) is 1. The van der Waals surface area contributed by atoms with E-state index in [1.165, 1.54) is 0 Å². The minimum atomic E-state index is -0.967. The maximum atomic E-state index is 13.3. The number of amides is 1. The van der Waals surface area contributed by atoms with Crippen molar-refractivity contribution in [3.63, 3.8) is 0 Å². The number of ether oxygens (including phenoxy) is 3. The van der Waals surface area contributed by atoms with Gasteiger partial charge >= 0.3 is 0 Å². The second-order valence-corrected chi connectivity index (χ2v) is 10.7. The SMILES string of the molecule is COc1ccc(C(OC[C@@H]2C[C@@H](O)CN2C(=O)CCCCCCCN)(c2ccccc2)c2ccc(OC)cc2)cc1. The van der Waals surface area contributed by atoms with Gasteiger partial charge < -0.3 is 30.0 Å². The van der Waals surface area contributed by atoms with Crippen molar-refractivity contribution in [3.05, 3.63) is 95.6 Å². The largest absolute Gasteiger partial charge is 0.497 e. The number of carbonyl (C=O) groups excluding carboxylic acids is 1. The van der Waals surface area contributed by atoms with Crippen molar-refractivity contribution in [2.24, 2.45) is 5.73 Å². The van der Waals surface area contributed by atoms with Gasteiger partial charge in [-0.15, -0.1) is 0 Å².